The van der Waals surface area contributed by atoms with Crippen molar-refractivity contribution in [1.82, 2.24) is 10.1 Å². The lowest BCUT2D eigenvalue weighted by Crippen LogP contribution is -2.08. The molecule has 0 N–H and O–H groups in total. The fraction of sp³-hybridized carbons (Fsp3) is 0.211. The number of rotatable bonds is 6. The number of hydrogen-bond acceptors (Lipinski definition) is 8. The first kappa shape index (κ1) is 16.9. The molecule has 2 aromatic carbocycles. The number of aromatic nitrogens is 2. The Morgan fingerprint density at radius 3 is 2.93 bits per heavy atom. The van der Waals surface area contributed by atoms with E-state index in [0.29, 0.717) is 23.1 Å². The SMILES string of the molecule is COc1cccc(CC(=O)OCc2nc(-c3ccc4c(c3)OCO4)no2)c1. The minimum atomic E-state index is -0.397. The van der Waals surface area contributed by atoms with Crippen LogP contribution in [0.5, 0.6) is 17.2 Å². The van der Waals surface area contributed by atoms with Crippen LogP contribution in [-0.2, 0) is 22.6 Å². The van der Waals surface area contributed by atoms with Crippen molar-refractivity contribution in [2.75, 3.05) is 13.9 Å². The van der Waals surface area contributed by atoms with Crippen LogP contribution in [0.25, 0.3) is 11.4 Å². The van der Waals surface area contributed by atoms with Crippen LogP contribution < -0.4 is 14.2 Å². The van der Waals surface area contributed by atoms with E-state index in [0.717, 1.165) is 11.1 Å². The molecule has 8 heteroatoms. The van der Waals surface area contributed by atoms with E-state index in [1.54, 1.807) is 31.4 Å². The second kappa shape index (κ2) is 7.36. The topological polar surface area (TPSA) is 92.9 Å². The van der Waals surface area contributed by atoms with Crippen LogP contribution in [0.4, 0.5) is 0 Å². The van der Waals surface area contributed by atoms with Gasteiger partial charge in [0.1, 0.15) is 5.75 Å². The zero-order valence-corrected chi connectivity index (χ0v) is 14.5. The van der Waals surface area contributed by atoms with Gasteiger partial charge in [-0.3, -0.25) is 4.79 Å². The highest BCUT2D eigenvalue weighted by molar-refractivity contribution is 5.72. The maximum atomic E-state index is 12.0. The second-order valence-corrected chi connectivity index (χ2v) is 5.77. The van der Waals surface area contributed by atoms with Gasteiger partial charge in [-0.2, -0.15) is 4.98 Å². The van der Waals surface area contributed by atoms with Crippen molar-refractivity contribution in [3.63, 3.8) is 0 Å². The van der Waals surface area contributed by atoms with Gasteiger partial charge in [-0.05, 0) is 35.9 Å². The quantitative estimate of drug-likeness (QED) is 0.613. The number of benzene rings is 2. The molecule has 1 aliphatic heterocycles. The van der Waals surface area contributed by atoms with Crippen molar-refractivity contribution >= 4 is 5.97 Å². The van der Waals surface area contributed by atoms with E-state index in [2.05, 4.69) is 10.1 Å². The number of fused-ring (bicyclic) bond motifs is 1. The van der Waals surface area contributed by atoms with Crippen LogP contribution in [0.3, 0.4) is 0 Å². The Labute approximate surface area is 154 Å². The van der Waals surface area contributed by atoms with E-state index < -0.39 is 5.97 Å². The maximum absolute atomic E-state index is 12.0. The average Bonchev–Trinajstić information content (AvgIpc) is 3.35. The zero-order chi connectivity index (χ0) is 18.6. The zero-order valence-electron chi connectivity index (χ0n) is 14.5. The van der Waals surface area contributed by atoms with E-state index in [1.165, 1.54) is 0 Å². The molecular formula is C19H16N2O6. The summed E-state index contributed by atoms with van der Waals surface area (Å²) < 4.78 is 26.1. The number of carbonyl (C=O) groups is 1. The first-order valence-corrected chi connectivity index (χ1v) is 8.22. The molecule has 0 radical (unpaired) electrons. The van der Waals surface area contributed by atoms with Crippen molar-refractivity contribution in [3.8, 4) is 28.6 Å². The second-order valence-electron chi connectivity index (χ2n) is 5.77. The monoisotopic (exact) mass is 368 g/mol. The Morgan fingerprint density at radius 1 is 1.15 bits per heavy atom. The van der Waals surface area contributed by atoms with Gasteiger partial charge in [0.15, 0.2) is 18.1 Å². The van der Waals surface area contributed by atoms with E-state index in [4.69, 9.17) is 23.5 Å². The highest BCUT2D eigenvalue weighted by atomic mass is 16.7. The van der Waals surface area contributed by atoms with Crippen molar-refractivity contribution in [2.24, 2.45) is 0 Å². The van der Waals surface area contributed by atoms with E-state index in [-0.39, 0.29) is 25.7 Å². The average molecular weight is 368 g/mol. The Morgan fingerprint density at radius 2 is 2.04 bits per heavy atom. The molecule has 0 unspecified atom stereocenters. The molecule has 27 heavy (non-hydrogen) atoms. The molecule has 138 valence electrons. The molecule has 0 saturated heterocycles. The van der Waals surface area contributed by atoms with Gasteiger partial charge in [-0.1, -0.05) is 17.3 Å². The third-order valence-corrected chi connectivity index (χ3v) is 3.94. The molecule has 0 saturated carbocycles. The number of ether oxygens (including phenoxy) is 4. The molecule has 0 spiro atoms. The van der Waals surface area contributed by atoms with Gasteiger partial charge in [0.2, 0.25) is 12.6 Å². The largest absolute Gasteiger partial charge is 0.497 e. The summed E-state index contributed by atoms with van der Waals surface area (Å²) in [7, 11) is 1.57. The molecule has 0 amide bonds. The molecule has 0 aliphatic carbocycles. The third-order valence-electron chi connectivity index (χ3n) is 3.94. The summed E-state index contributed by atoms with van der Waals surface area (Å²) >= 11 is 0. The number of carbonyl (C=O) groups excluding carboxylic acids is 1. The predicted molar refractivity (Wildman–Crippen MR) is 92.4 cm³/mol. The van der Waals surface area contributed by atoms with Crippen molar-refractivity contribution < 1.29 is 28.3 Å². The van der Waals surface area contributed by atoms with Crippen molar-refractivity contribution in [3.05, 3.63) is 53.9 Å². The van der Waals surface area contributed by atoms with E-state index in [9.17, 15) is 4.79 Å². The van der Waals surface area contributed by atoms with Gasteiger partial charge in [-0.15, -0.1) is 0 Å². The number of nitrogens with zero attached hydrogens (tertiary/aromatic N) is 2. The summed E-state index contributed by atoms with van der Waals surface area (Å²) in [6.07, 6.45) is 0.125. The maximum Gasteiger partial charge on any atom is 0.310 e. The van der Waals surface area contributed by atoms with Gasteiger partial charge in [-0.25, -0.2) is 0 Å². The van der Waals surface area contributed by atoms with Crippen LogP contribution >= 0.6 is 0 Å². The first-order valence-electron chi connectivity index (χ1n) is 8.22. The van der Waals surface area contributed by atoms with Gasteiger partial charge >= 0.3 is 5.97 Å². The Bertz CT molecular complexity index is 968. The fourth-order valence-corrected chi connectivity index (χ4v) is 2.61. The Kier molecular flexibility index (Phi) is 4.61. The van der Waals surface area contributed by atoms with Crippen LogP contribution in [0, 0.1) is 0 Å². The van der Waals surface area contributed by atoms with Crippen molar-refractivity contribution in [1.29, 1.82) is 0 Å². The summed E-state index contributed by atoms with van der Waals surface area (Å²) in [5, 5.41) is 3.91. The normalized spacial score (nSPS) is 12.0. The summed E-state index contributed by atoms with van der Waals surface area (Å²) in [5.41, 5.74) is 1.52. The smallest absolute Gasteiger partial charge is 0.310 e. The van der Waals surface area contributed by atoms with Gasteiger partial charge in [0, 0.05) is 5.56 Å². The Balaban J connectivity index is 1.36. The van der Waals surface area contributed by atoms with Crippen LogP contribution in [0.15, 0.2) is 47.0 Å². The molecule has 4 rings (SSSR count). The molecule has 8 nitrogen and oxygen atoms in total. The highest BCUT2D eigenvalue weighted by Gasteiger charge is 2.17. The summed E-state index contributed by atoms with van der Waals surface area (Å²) in [4.78, 5) is 16.2. The minimum absolute atomic E-state index is 0.0969. The lowest BCUT2D eigenvalue weighted by atomic mass is 10.1. The molecule has 2 heterocycles. The fourth-order valence-electron chi connectivity index (χ4n) is 2.61. The van der Waals surface area contributed by atoms with Gasteiger partial charge < -0.3 is 23.5 Å². The van der Waals surface area contributed by atoms with Gasteiger partial charge in [0.25, 0.3) is 5.89 Å². The minimum Gasteiger partial charge on any atom is -0.497 e. The molecule has 1 aliphatic rings. The van der Waals surface area contributed by atoms with Crippen LogP contribution in [-0.4, -0.2) is 30.0 Å². The molecular weight excluding hydrogens is 352 g/mol. The third kappa shape index (κ3) is 3.84. The molecule has 1 aromatic heterocycles. The standard InChI is InChI=1S/C19H16N2O6/c1-23-14-4-2-3-12(7-14)8-18(22)24-10-17-20-19(21-27-17)13-5-6-15-16(9-13)26-11-25-15/h2-7,9H,8,10-11H2,1H3. The first-order chi connectivity index (χ1) is 13.2. The van der Waals surface area contributed by atoms with Crippen molar-refractivity contribution in [2.45, 2.75) is 13.0 Å². The number of methoxy groups -OCH3 is 1. The summed E-state index contributed by atoms with van der Waals surface area (Å²) in [6, 6.07) is 12.6. The van der Waals surface area contributed by atoms with Crippen LogP contribution in [0.2, 0.25) is 0 Å². The number of esters is 1. The van der Waals surface area contributed by atoms with E-state index in [1.807, 2.05) is 18.2 Å². The molecule has 0 fully saturated rings. The lowest BCUT2D eigenvalue weighted by Gasteiger charge is -2.04. The highest BCUT2D eigenvalue weighted by Crippen LogP contribution is 2.35. The summed E-state index contributed by atoms with van der Waals surface area (Å²) in [6.45, 7) is 0.0971. The summed E-state index contributed by atoms with van der Waals surface area (Å²) in [5.74, 6) is 2.18. The number of hydrogen-bond donors (Lipinski definition) is 0. The lowest BCUT2D eigenvalue weighted by molar-refractivity contribution is -0.144. The molecule has 0 atom stereocenters. The Hall–Kier alpha value is -3.55. The van der Waals surface area contributed by atoms with Gasteiger partial charge in [0.05, 0.1) is 13.5 Å². The predicted octanol–water partition coefficient (Wildman–Crippen LogP) is 2.76. The van der Waals surface area contributed by atoms with Crippen LogP contribution in [0.1, 0.15) is 11.5 Å². The molecule has 0 bridgehead atoms. The molecule has 3 aromatic rings. The van der Waals surface area contributed by atoms with E-state index >= 15 is 0 Å².